The van der Waals surface area contributed by atoms with Crippen molar-refractivity contribution in [3.8, 4) is 5.75 Å². The van der Waals surface area contributed by atoms with Crippen LogP contribution in [-0.2, 0) is 11.2 Å². The zero-order chi connectivity index (χ0) is 14.8. The Morgan fingerprint density at radius 1 is 1.19 bits per heavy atom. The minimum atomic E-state index is -0.442. The van der Waals surface area contributed by atoms with Crippen LogP contribution in [0, 0.1) is 11.6 Å². The predicted octanol–water partition coefficient (Wildman–Crippen LogP) is 2.93. The Labute approximate surface area is 120 Å². The standard InChI is InChI=1S/C16H13F2NO2/c17-12-5-6-15-14(10-12)19(7-8-21-15)16(20)9-11-3-1-2-4-13(11)18/h1-6,10H,7-9H2. The van der Waals surface area contributed by atoms with Crippen LogP contribution < -0.4 is 9.64 Å². The van der Waals surface area contributed by atoms with Crippen molar-refractivity contribution < 1.29 is 18.3 Å². The second kappa shape index (κ2) is 5.52. The molecule has 0 unspecified atom stereocenters. The molecule has 2 aromatic rings. The molecule has 1 amide bonds. The van der Waals surface area contributed by atoms with E-state index in [2.05, 4.69) is 0 Å². The molecule has 5 heteroatoms. The van der Waals surface area contributed by atoms with E-state index in [1.54, 1.807) is 18.2 Å². The molecule has 21 heavy (non-hydrogen) atoms. The average Bonchev–Trinajstić information content (AvgIpc) is 2.49. The van der Waals surface area contributed by atoms with E-state index in [-0.39, 0.29) is 12.3 Å². The largest absolute Gasteiger partial charge is 0.490 e. The van der Waals surface area contributed by atoms with Gasteiger partial charge in [-0.1, -0.05) is 18.2 Å². The van der Waals surface area contributed by atoms with Crippen LogP contribution >= 0.6 is 0 Å². The summed E-state index contributed by atoms with van der Waals surface area (Å²) in [7, 11) is 0. The van der Waals surface area contributed by atoms with Crippen LogP contribution in [-0.4, -0.2) is 19.1 Å². The highest BCUT2D eigenvalue weighted by Gasteiger charge is 2.24. The number of halogens is 2. The molecule has 0 aromatic heterocycles. The Bertz CT molecular complexity index is 688. The van der Waals surface area contributed by atoms with E-state index in [4.69, 9.17) is 4.74 Å². The molecule has 1 aliphatic heterocycles. The first-order valence-electron chi connectivity index (χ1n) is 6.61. The lowest BCUT2D eigenvalue weighted by molar-refractivity contribution is -0.118. The molecule has 0 fully saturated rings. The monoisotopic (exact) mass is 289 g/mol. The number of carbonyl (C=O) groups excluding carboxylic acids is 1. The first kappa shape index (κ1) is 13.5. The summed E-state index contributed by atoms with van der Waals surface area (Å²) in [6.07, 6.45) is -0.0668. The van der Waals surface area contributed by atoms with Gasteiger partial charge in [0.05, 0.1) is 18.7 Å². The van der Waals surface area contributed by atoms with Crippen molar-refractivity contribution in [2.45, 2.75) is 6.42 Å². The van der Waals surface area contributed by atoms with Crippen LogP contribution in [0.3, 0.4) is 0 Å². The van der Waals surface area contributed by atoms with E-state index in [1.165, 1.54) is 29.2 Å². The first-order chi connectivity index (χ1) is 10.1. The molecule has 0 radical (unpaired) electrons. The molecule has 0 atom stereocenters. The van der Waals surface area contributed by atoms with Gasteiger partial charge in [0.25, 0.3) is 0 Å². The molecule has 0 saturated heterocycles. The Morgan fingerprint density at radius 2 is 2.00 bits per heavy atom. The highest BCUT2D eigenvalue weighted by Crippen LogP contribution is 2.32. The maximum Gasteiger partial charge on any atom is 0.231 e. The van der Waals surface area contributed by atoms with Crippen molar-refractivity contribution >= 4 is 11.6 Å². The van der Waals surface area contributed by atoms with Crippen molar-refractivity contribution in [2.24, 2.45) is 0 Å². The molecule has 0 saturated carbocycles. The van der Waals surface area contributed by atoms with Crippen LogP contribution in [0.4, 0.5) is 14.5 Å². The Kier molecular flexibility index (Phi) is 3.56. The molecule has 0 N–H and O–H groups in total. The SMILES string of the molecule is O=C(Cc1ccccc1F)N1CCOc2ccc(F)cc21. The summed E-state index contributed by atoms with van der Waals surface area (Å²) in [5.41, 5.74) is 0.717. The van der Waals surface area contributed by atoms with E-state index in [9.17, 15) is 13.6 Å². The van der Waals surface area contributed by atoms with E-state index in [0.29, 0.717) is 30.2 Å². The van der Waals surface area contributed by atoms with Crippen LogP contribution in [0.5, 0.6) is 5.75 Å². The Hall–Kier alpha value is -2.43. The van der Waals surface area contributed by atoms with Gasteiger partial charge in [-0.15, -0.1) is 0 Å². The number of fused-ring (bicyclic) bond motifs is 1. The van der Waals surface area contributed by atoms with Gasteiger partial charge >= 0.3 is 0 Å². The number of ether oxygens (including phenoxy) is 1. The van der Waals surface area contributed by atoms with Crippen LogP contribution in [0.2, 0.25) is 0 Å². The summed E-state index contributed by atoms with van der Waals surface area (Å²) < 4.78 is 32.4. The maximum atomic E-state index is 13.6. The van der Waals surface area contributed by atoms with E-state index in [1.807, 2.05) is 0 Å². The zero-order valence-electron chi connectivity index (χ0n) is 11.2. The summed E-state index contributed by atoms with van der Waals surface area (Å²) in [6.45, 7) is 0.658. The number of rotatable bonds is 2. The molecule has 2 aromatic carbocycles. The lowest BCUT2D eigenvalue weighted by atomic mass is 10.1. The highest BCUT2D eigenvalue weighted by molar-refractivity contribution is 5.96. The molecule has 0 aliphatic carbocycles. The Balaban J connectivity index is 1.87. The number of benzene rings is 2. The minimum Gasteiger partial charge on any atom is -0.490 e. The van der Waals surface area contributed by atoms with Crippen LogP contribution in [0.15, 0.2) is 42.5 Å². The number of nitrogens with zero attached hydrogens (tertiary/aromatic N) is 1. The van der Waals surface area contributed by atoms with Crippen molar-refractivity contribution in [3.63, 3.8) is 0 Å². The van der Waals surface area contributed by atoms with Gasteiger partial charge in [0.2, 0.25) is 5.91 Å². The highest BCUT2D eigenvalue weighted by atomic mass is 19.1. The third-order valence-electron chi connectivity index (χ3n) is 3.38. The summed E-state index contributed by atoms with van der Waals surface area (Å²) in [5.74, 6) is -0.679. The minimum absolute atomic E-state index is 0.0668. The lowest BCUT2D eigenvalue weighted by Crippen LogP contribution is -2.39. The van der Waals surface area contributed by atoms with Gasteiger partial charge in [0, 0.05) is 6.07 Å². The molecule has 3 rings (SSSR count). The number of hydrogen-bond acceptors (Lipinski definition) is 2. The third-order valence-corrected chi connectivity index (χ3v) is 3.38. The van der Waals surface area contributed by atoms with Crippen molar-refractivity contribution in [1.29, 1.82) is 0 Å². The van der Waals surface area contributed by atoms with Crippen molar-refractivity contribution in [1.82, 2.24) is 0 Å². The number of hydrogen-bond donors (Lipinski definition) is 0. The molecule has 0 bridgehead atoms. The normalized spacial score (nSPS) is 13.5. The summed E-state index contributed by atoms with van der Waals surface area (Å²) in [4.78, 5) is 13.8. The van der Waals surface area contributed by atoms with Gasteiger partial charge in [0.15, 0.2) is 0 Å². The zero-order valence-corrected chi connectivity index (χ0v) is 11.2. The number of amides is 1. The fraction of sp³-hybridized carbons (Fsp3) is 0.188. The predicted molar refractivity (Wildman–Crippen MR) is 74.4 cm³/mol. The first-order valence-corrected chi connectivity index (χ1v) is 6.61. The molecule has 1 heterocycles. The second-order valence-corrected chi connectivity index (χ2v) is 4.77. The van der Waals surface area contributed by atoms with Crippen molar-refractivity contribution in [3.05, 3.63) is 59.7 Å². The molecule has 108 valence electrons. The number of carbonyl (C=O) groups is 1. The number of anilines is 1. The van der Waals surface area contributed by atoms with E-state index >= 15 is 0 Å². The molecule has 0 spiro atoms. The fourth-order valence-corrected chi connectivity index (χ4v) is 2.35. The van der Waals surface area contributed by atoms with Crippen molar-refractivity contribution in [2.75, 3.05) is 18.1 Å². The Morgan fingerprint density at radius 3 is 2.81 bits per heavy atom. The summed E-state index contributed by atoms with van der Waals surface area (Å²) >= 11 is 0. The fourth-order valence-electron chi connectivity index (χ4n) is 2.35. The third kappa shape index (κ3) is 2.72. The van der Waals surface area contributed by atoms with E-state index < -0.39 is 11.6 Å². The van der Waals surface area contributed by atoms with Crippen LogP contribution in [0.25, 0.3) is 0 Å². The van der Waals surface area contributed by atoms with Gasteiger partial charge in [0.1, 0.15) is 24.0 Å². The smallest absolute Gasteiger partial charge is 0.231 e. The molecular weight excluding hydrogens is 276 g/mol. The van der Waals surface area contributed by atoms with Gasteiger partial charge in [-0.25, -0.2) is 8.78 Å². The lowest BCUT2D eigenvalue weighted by Gasteiger charge is -2.29. The van der Waals surface area contributed by atoms with Gasteiger partial charge in [-0.2, -0.15) is 0 Å². The van der Waals surface area contributed by atoms with Gasteiger partial charge in [-0.05, 0) is 23.8 Å². The molecular formula is C16H13F2NO2. The maximum absolute atomic E-state index is 13.6. The van der Waals surface area contributed by atoms with Gasteiger partial charge in [-0.3, -0.25) is 4.79 Å². The quantitative estimate of drug-likeness (QED) is 0.850. The molecule has 1 aliphatic rings. The average molecular weight is 289 g/mol. The van der Waals surface area contributed by atoms with Crippen LogP contribution in [0.1, 0.15) is 5.56 Å². The molecule has 3 nitrogen and oxygen atoms in total. The van der Waals surface area contributed by atoms with Gasteiger partial charge < -0.3 is 9.64 Å². The van der Waals surface area contributed by atoms with E-state index in [0.717, 1.165) is 0 Å². The summed E-state index contributed by atoms with van der Waals surface area (Å²) in [5, 5.41) is 0. The second-order valence-electron chi connectivity index (χ2n) is 4.77. The topological polar surface area (TPSA) is 29.5 Å². The summed E-state index contributed by atoms with van der Waals surface area (Å²) in [6, 6.07) is 10.2.